The first-order valence-corrected chi connectivity index (χ1v) is 5.56. The fraction of sp³-hybridized carbons (Fsp3) is 0.727. The molecule has 0 aromatic carbocycles. The Labute approximate surface area is 90.7 Å². The number of hydrogen-bond donors (Lipinski definition) is 2. The third-order valence-electron chi connectivity index (χ3n) is 2.24. The number of nitrogens with zero attached hydrogens (tertiary/aromatic N) is 1. The summed E-state index contributed by atoms with van der Waals surface area (Å²) in [6.45, 7) is 3.97. The molecule has 0 bridgehead atoms. The summed E-state index contributed by atoms with van der Waals surface area (Å²) in [5.41, 5.74) is 0.926. The molecule has 0 aliphatic heterocycles. The molecule has 1 aromatic heterocycles. The Bertz CT molecular complexity index is 261. The van der Waals surface area contributed by atoms with Crippen LogP contribution in [0.2, 0.25) is 0 Å². The van der Waals surface area contributed by atoms with Crippen LogP contribution in [0.1, 0.15) is 37.1 Å². The minimum atomic E-state index is 0.310. The first-order valence-electron chi connectivity index (χ1n) is 5.56. The molecule has 0 fully saturated rings. The fourth-order valence-corrected chi connectivity index (χ4v) is 1.43. The highest BCUT2D eigenvalue weighted by molar-refractivity contribution is 5.02. The summed E-state index contributed by atoms with van der Waals surface area (Å²) < 4.78 is 5.06. The molecule has 1 aromatic rings. The molecule has 0 aliphatic rings. The third kappa shape index (κ3) is 5.54. The zero-order valence-corrected chi connectivity index (χ0v) is 9.33. The van der Waals surface area contributed by atoms with Crippen molar-refractivity contribution in [3.05, 3.63) is 17.5 Å². The lowest BCUT2D eigenvalue weighted by Gasteiger charge is -2.01. The molecule has 0 spiro atoms. The minimum Gasteiger partial charge on any atom is -0.396 e. The van der Waals surface area contributed by atoms with E-state index in [0.29, 0.717) is 6.61 Å². The molecular weight excluding hydrogens is 192 g/mol. The van der Waals surface area contributed by atoms with Gasteiger partial charge in [-0.3, -0.25) is 0 Å². The zero-order chi connectivity index (χ0) is 10.9. The van der Waals surface area contributed by atoms with E-state index in [1.165, 1.54) is 6.42 Å². The van der Waals surface area contributed by atoms with Crippen LogP contribution in [0, 0.1) is 6.92 Å². The average Bonchev–Trinajstić information content (AvgIpc) is 2.63. The summed E-state index contributed by atoms with van der Waals surface area (Å²) >= 11 is 0. The van der Waals surface area contributed by atoms with Gasteiger partial charge in [0.25, 0.3) is 0 Å². The summed E-state index contributed by atoms with van der Waals surface area (Å²) in [5.74, 6) is 0.892. The Balaban J connectivity index is 1.93. The molecule has 86 valence electrons. The molecule has 0 atom stereocenters. The molecule has 1 rings (SSSR count). The molecule has 0 unspecified atom stereocenters. The number of aromatic nitrogens is 1. The van der Waals surface area contributed by atoms with Gasteiger partial charge in [-0.1, -0.05) is 18.0 Å². The molecule has 2 N–H and O–H groups in total. The molecule has 4 nitrogen and oxygen atoms in total. The molecule has 0 amide bonds. The quantitative estimate of drug-likeness (QED) is 0.643. The molecule has 0 saturated carbocycles. The predicted octanol–water partition coefficient (Wildman–Crippen LogP) is 1.63. The fourth-order valence-electron chi connectivity index (χ4n) is 1.43. The van der Waals surface area contributed by atoms with E-state index in [9.17, 15) is 0 Å². The van der Waals surface area contributed by atoms with Gasteiger partial charge in [0, 0.05) is 12.7 Å². The molecule has 4 heteroatoms. The van der Waals surface area contributed by atoms with Crippen molar-refractivity contribution in [1.82, 2.24) is 10.5 Å². The van der Waals surface area contributed by atoms with E-state index < -0.39 is 0 Å². The van der Waals surface area contributed by atoms with Gasteiger partial charge in [0.15, 0.2) is 5.76 Å². The van der Waals surface area contributed by atoms with Crippen molar-refractivity contribution >= 4 is 0 Å². The zero-order valence-electron chi connectivity index (χ0n) is 9.33. The van der Waals surface area contributed by atoms with Crippen molar-refractivity contribution < 1.29 is 9.63 Å². The lowest BCUT2D eigenvalue weighted by Crippen LogP contribution is -2.14. The number of aliphatic hydroxyl groups excluding tert-OH is 1. The van der Waals surface area contributed by atoms with E-state index in [2.05, 4.69) is 10.5 Å². The Kier molecular flexibility index (Phi) is 6.04. The Morgan fingerprint density at radius 2 is 2.13 bits per heavy atom. The maximum atomic E-state index is 8.58. The van der Waals surface area contributed by atoms with E-state index in [-0.39, 0.29) is 0 Å². The van der Waals surface area contributed by atoms with Crippen molar-refractivity contribution in [2.24, 2.45) is 0 Å². The predicted molar refractivity (Wildman–Crippen MR) is 58.5 cm³/mol. The van der Waals surface area contributed by atoms with E-state index >= 15 is 0 Å². The van der Waals surface area contributed by atoms with Crippen LogP contribution < -0.4 is 5.32 Å². The van der Waals surface area contributed by atoms with Crippen molar-refractivity contribution in [1.29, 1.82) is 0 Å². The second kappa shape index (κ2) is 7.43. The Morgan fingerprint density at radius 1 is 1.33 bits per heavy atom. The van der Waals surface area contributed by atoms with Crippen LogP contribution in [0.4, 0.5) is 0 Å². The summed E-state index contributed by atoms with van der Waals surface area (Å²) in [5, 5.41) is 15.7. The molecule has 0 aliphatic carbocycles. The van der Waals surface area contributed by atoms with Crippen LogP contribution in [0.5, 0.6) is 0 Å². The number of nitrogens with one attached hydrogen (secondary N) is 1. The van der Waals surface area contributed by atoms with Gasteiger partial charge in [0.05, 0.1) is 12.2 Å². The van der Waals surface area contributed by atoms with E-state index in [4.69, 9.17) is 9.63 Å². The van der Waals surface area contributed by atoms with Gasteiger partial charge in [0.1, 0.15) is 0 Å². The Hall–Kier alpha value is -0.870. The van der Waals surface area contributed by atoms with Crippen molar-refractivity contribution in [2.45, 2.75) is 39.2 Å². The summed E-state index contributed by atoms with van der Waals surface area (Å²) in [6, 6.07) is 1.94. The smallest absolute Gasteiger partial charge is 0.150 e. The van der Waals surface area contributed by atoms with Crippen LogP contribution in [-0.4, -0.2) is 23.4 Å². The molecule has 1 heterocycles. The monoisotopic (exact) mass is 212 g/mol. The highest BCUT2D eigenvalue weighted by atomic mass is 16.5. The van der Waals surface area contributed by atoms with Crippen LogP contribution >= 0.6 is 0 Å². The average molecular weight is 212 g/mol. The van der Waals surface area contributed by atoms with Crippen LogP contribution in [-0.2, 0) is 6.54 Å². The van der Waals surface area contributed by atoms with Crippen LogP contribution in [0.15, 0.2) is 10.6 Å². The SMILES string of the molecule is Cc1cc(CNCCCCCCO)on1. The lowest BCUT2D eigenvalue weighted by molar-refractivity contribution is 0.282. The maximum absolute atomic E-state index is 8.58. The normalized spacial score (nSPS) is 10.8. The summed E-state index contributed by atoms with van der Waals surface area (Å²) in [6.07, 6.45) is 4.34. The first-order chi connectivity index (χ1) is 7.33. The lowest BCUT2D eigenvalue weighted by atomic mass is 10.2. The van der Waals surface area contributed by atoms with Gasteiger partial charge in [-0.25, -0.2) is 0 Å². The number of rotatable bonds is 8. The molecule has 15 heavy (non-hydrogen) atoms. The highest BCUT2D eigenvalue weighted by Crippen LogP contribution is 2.02. The number of unbranched alkanes of at least 4 members (excludes halogenated alkanes) is 3. The molecular formula is C11H20N2O2. The van der Waals surface area contributed by atoms with Gasteiger partial charge in [-0.05, 0) is 26.3 Å². The standard InChI is InChI=1S/C11H20N2O2/c1-10-8-11(15-13-10)9-12-6-4-2-3-5-7-14/h8,12,14H,2-7,9H2,1H3. The minimum absolute atomic E-state index is 0.310. The van der Waals surface area contributed by atoms with Gasteiger partial charge < -0.3 is 14.9 Å². The van der Waals surface area contributed by atoms with E-state index in [1.807, 2.05) is 13.0 Å². The van der Waals surface area contributed by atoms with Crippen molar-refractivity contribution in [2.75, 3.05) is 13.2 Å². The van der Waals surface area contributed by atoms with E-state index in [1.54, 1.807) is 0 Å². The van der Waals surface area contributed by atoms with Gasteiger partial charge in [-0.15, -0.1) is 0 Å². The van der Waals surface area contributed by atoms with Crippen LogP contribution in [0.25, 0.3) is 0 Å². The van der Waals surface area contributed by atoms with Crippen LogP contribution in [0.3, 0.4) is 0 Å². The highest BCUT2D eigenvalue weighted by Gasteiger charge is 1.98. The van der Waals surface area contributed by atoms with Gasteiger partial charge in [-0.2, -0.15) is 0 Å². The van der Waals surface area contributed by atoms with E-state index in [0.717, 1.165) is 43.8 Å². The topological polar surface area (TPSA) is 58.3 Å². The van der Waals surface area contributed by atoms with Gasteiger partial charge >= 0.3 is 0 Å². The largest absolute Gasteiger partial charge is 0.396 e. The third-order valence-corrected chi connectivity index (χ3v) is 2.24. The van der Waals surface area contributed by atoms with Gasteiger partial charge in [0.2, 0.25) is 0 Å². The number of aryl methyl sites for hydroxylation is 1. The first kappa shape index (κ1) is 12.2. The molecule has 0 saturated heterocycles. The second-order valence-corrected chi connectivity index (χ2v) is 3.75. The number of hydrogen-bond acceptors (Lipinski definition) is 4. The molecule has 0 radical (unpaired) electrons. The second-order valence-electron chi connectivity index (χ2n) is 3.75. The van der Waals surface area contributed by atoms with Crippen molar-refractivity contribution in [3.8, 4) is 0 Å². The van der Waals surface area contributed by atoms with Crippen molar-refractivity contribution in [3.63, 3.8) is 0 Å². The maximum Gasteiger partial charge on any atom is 0.150 e. The summed E-state index contributed by atoms with van der Waals surface area (Å²) in [4.78, 5) is 0. The number of aliphatic hydroxyl groups is 1. The Morgan fingerprint density at radius 3 is 2.80 bits per heavy atom. The summed E-state index contributed by atoms with van der Waals surface area (Å²) in [7, 11) is 0.